The van der Waals surface area contributed by atoms with Gasteiger partial charge in [-0.15, -0.1) is 0 Å². The van der Waals surface area contributed by atoms with Crippen molar-refractivity contribution in [1.29, 1.82) is 0 Å². The molecule has 2 N–H and O–H groups in total. The van der Waals surface area contributed by atoms with Gasteiger partial charge in [0, 0.05) is 0 Å². The zero-order chi connectivity index (χ0) is 12.3. The van der Waals surface area contributed by atoms with Gasteiger partial charge in [-0.3, -0.25) is 0 Å². The van der Waals surface area contributed by atoms with Crippen LogP contribution in [0.2, 0.25) is 0 Å². The highest BCUT2D eigenvalue weighted by Gasteiger charge is 2.15. The monoisotopic (exact) mass is 234 g/mol. The number of rotatable bonds is 4. The number of aryl methyl sites for hydroxylation is 1. The van der Waals surface area contributed by atoms with Crippen LogP contribution in [0.3, 0.4) is 0 Å². The number of benzene rings is 1. The number of anilines is 1. The summed E-state index contributed by atoms with van der Waals surface area (Å²) in [6.07, 6.45) is 2.93. The maximum absolute atomic E-state index is 12.9. The van der Waals surface area contributed by atoms with Gasteiger partial charge in [0.1, 0.15) is 5.82 Å². The predicted octanol–water partition coefficient (Wildman–Crippen LogP) is 3.41. The quantitative estimate of drug-likeness (QED) is 0.882. The Bertz CT molecular complexity index is 491. The van der Waals surface area contributed by atoms with Crippen LogP contribution in [0.4, 0.5) is 10.3 Å². The largest absolute Gasteiger partial charge is 0.367 e. The standard InChI is InChI=1S/C13H15FN2O/c1-2-3-4-11-12(13(15)17-16-11)9-5-7-10(14)8-6-9/h5-8H,2-4,15H2,1H3. The van der Waals surface area contributed by atoms with Crippen molar-refractivity contribution in [1.82, 2.24) is 5.16 Å². The molecule has 0 bridgehead atoms. The Balaban J connectivity index is 2.36. The number of nitrogen functional groups attached to an aromatic ring is 1. The molecule has 0 fully saturated rings. The summed E-state index contributed by atoms with van der Waals surface area (Å²) >= 11 is 0. The van der Waals surface area contributed by atoms with E-state index in [1.54, 1.807) is 12.1 Å². The molecule has 90 valence electrons. The molecule has 17 heavy (non-hydrogen) atoms. The van der Waals surface area contributed by atoms with E-state index in [4.69, 9.17) is 10.3 Å². The average molecular weight is 234 g/mol. The first-order valence-electron chi connectivity index (χ1n) is 5.72. The highest BCUT2D eigenvalue weighted by Crippen LogP contribution is 2.30. The number of aromatic nitrogens is 1. The molecule has 0 spiro atoms. The first kappa shape index (κ1) is 11.6. The van der Waals surface area contributed by atoms with Crippen molar-refractivity contribution in [2.24, 2.45) is 0 Å². The maximum atomic E-state index is 12.9. The highest BCUT2D eigenvalue weighted by molar-refractivity contribution is 5.74. The first-order valence-corrected chi connectivity index (χ1v) is 5.72. The van der Waals surface area contributed by atoms with Gasteiger partial charge in [-0.25, -0.2) is 4.39 Å². The van der Waals surface area contributed by atoms with Crippen LogP contribution < -0.4 is 5.73 Å². The number of halogens is 1. The van der Waals surface area contributed by atoms with Crippen LogP contribution in [0, 0.1) is 5.82 Å². The minimum absolute atomic E-state index is 0.265. The van der Waals surface area contributed by atoms with E-state index < -0.39 is 0 Å². The van der Waals surface area contributed by atoms with Crippen molar-refractivity contribution < 1.29 is 8.91 Å². The Morgan fingerprint density at radius 3 is 2.65 bits per heavy atom. The Kier molecular flexibility index (Phi) is 3.42. The molecule has 0 saturated carbocycles. The summed E-state index contributed by atoms with van der Waals surface area (Å²) in [6.45, 7) is 2.11. The van der Waals surface area contributed by atoms with Gasteiger partial charge in [-0.2, -0.15) is 0 Å². The molecule has 1 heterocycles. The predicted molar refractivity (Wildman–Crippen MR) is 64.9 cm³/mol. The molecule has 1 aromatic carbocycles. The molecular weight excluding hydrogens is 219 g/mol. The zero-order valence-corrected chi connectivity index (χ0v) is 9.74. The molecule has 0 aliphatic carbocycles. The molecule has 4 heteroatoms. The summed E-state index contributed by atoms with van der Waals surface area (Å²) in [7, 11) is 0. The molecule has 0 atom stereocenters. The third-order valence-corrected chi connectivity index (χ3v) is 2.69. The van der Waals surface area contributed by atoms with Crippen molar-refractivity contribution in [2.45, 2.75) is 26.2 Å². The summed E-state index contributed by atoms with van der Waals surface area (Å²) < 4.78 is 17.9. The van der Waals surface area contributed by atoms with Gasteiger partial charge in [0.15, 0.2) is 0 Å². The summed E-state index contributed by atoms with van der Waals surface area (Å²) in [6, 6.07) is 6.19. The second kappa shape index (κ2) is 4.99. The summed E-state index contributed by atoms with van der Waals surface area (Å²) in [4.78, 5) is 0. The average Bonchev–Trinajstić information content (AvgIpc) is 2.69. The minimum atomic E-state index is -0.265. The van der Waals surface area contributed by atoms with E-state index >= 15 is 0 Å². The molecule has 3 nitrogen and oxygen atoms in total. The summed E-state index contributed by atoms with van der Waals surface area (Å²) in [5, 5.41) is 3.96. The zero-order valence-electron chi connectivity index (χ0n) is 9.74. The Morgan fingerprint density at radius 1 is 1.29 bits per heavy atom. The molecular formula is C13H15FN2O. The van der Waals surface area contributed by atoms with Crippen molar-refractivity contribution >= 4 is 5.88 Å². The third-order valence-electron chi connectivity index (χ3n) is 2.69. The smallest absolute Gasteiger partial charge is 0.230 e. The van der Waals surface area contributed by atoms with Gasteiger partial charge in [-0.1, -0.05) is 30.6 Å². The maximum Gasteiger partial charge on any atom is 0.230 e. The number of hydrogen-bond donors (Lipinski definition) is 1. The Morgan fingerprint density at radius 2 is 2.00 bits per heavy atom. The van der Waals surface area contributed by atoms with Crippen molar-refractivity contribution in [3.63, 3.8) is 0 Å². The van der Waals surface area contributed by atoms with Crippen LogP contribution >= 0.6 is 0 Å². The van der Waals surface area contributed by atoms with E-state index in [2.05, 4.69) is 12.1 Å². The fourth-order valence-corrected chi connectivity index (χ4v) is 1.78. The van der Waals surface area contributed by atoms with Gasteiger partial charge in [0.2, 0.25) is 5.88 Å². The Hall–Kier alpha value is -1.84. The minimum Gasteiger partial charge on any atom is -0.367 e. The normalized spacial score (nSPS) is 10.7. The lowest BCUT2D eigenvalue weighted by molar-refractivity contribution is 0.426. The van der Waals surface area contributed by atoms with E-state index in [1.807, 2.05) is 0 Å². The van der Waals surface area contributed by atoms with E-state index in [-0.39, 0.29) is 5.82 Å². The van der Waals surface area contributed by atoms with E-state index in [1.165, 1.54) is 12.1 Å². The summed E-state index contributed by atoms with van der Waals surface area (Å²) in [5.41, 5.74) is 8.24. The van der Waals surface area contributed by atoms with Crippen LogP contribution in [-0.4, -0.2) is 5.16 Å². The van der Waals surface area contributed by atoms with Crippen molar-refractivity contribution in [2.75, 3.05) is 5.73 Å². The van der Waals surface area contributed by atoms with E-state index in [0.29, 0.717) is 5.88 Å². The van der Waals surface area contributed by atoms with Crippen molar-refractivity contribution in [3.05, 3.63) is 35.8 Å². The molecule has 0 aliphatic rings. The lowest BCUT2D eigenvalue weighted by atomic mass is 10.0. The molecule has 0 amide bonds. The molecule has 0 unspecified atom stereocenters. The number of nitrogens with two attached hydrogens (primary N) is 1. The fourth-order valence-electron chi connectivity index (χ4n) is 1.78. The molecule has 0 radical (unpaired) electrons. The number of hydrogen-bond acceptors (Lipinski definition) is 3. The molecule has 2 aromatic rings. The second-order valence-corrected chi connectivity index (χ2v) is 3.98. The third kappa shape index (κ3) is 2.46. The second-order valence-electron chi connectivity index (χ2n) is 3.98. The molecule has 2 rings (SSSR count). The van der Waals surface area contributed by atoms with Gasteiger partial charge < -0.3 is 10.3 Å². The van der Waals surface area contributed by atoms with Gasteiger partial charge in [-0.05, 0) is 30.5 Å². The topological polar surface area (TPSA) is 52.0 Å². The van der Waals surface area contributed by atoms with Crippen LogP contribution in [0.25, 0.3) is 11.1 Å². The van der Waals surface area contributed by atoms with Crippen LogP contribution in [0.5, 0.6) is 0 Å². The van der Waals surface area contributed by atoms with Crippen LogP contribution in [0.1, 0.15) is 25.5 Å². The van der Waals surface area contributed by atoms with Gasteiger partial charge in [0.25, 0.3) is 0 Å². The molecule has 0 saturated heterocycles. The molecule has 0 aliphatic heterocycles. The van der Waals surface area contributed by atoms with Gasteiger partial charge >= 0.3 is 0 Å². The van der Waals surface area contributed by atoms with Crippen LogP contribution in [-0.2, 0) is 6.42 Å². The highest BCUT2D eigenvalue weighted by atomic mass is 19.1. The van der Waals surface area contributed by atoms with Gasteiger partial charge in [0.05, 0.1) is 11.3 Å². The lowest BCUT2D eigenvalue weighted by Gasteiger charge is -2.01. The van der Waals surface area contributed by atoms with Crippen molar-refractivity contribution in [3.8, 4) is 11.1 Å². The SMILES string of the molecule is CCCCc1noc(N)c1-c1ccc(F)cc1. The van der Waals surface area contributed by atoms with E-state index in [9.17, 15) is 4.39 Å². The van der Waals surface area contributed by atoms with E-state index in [0.717, 1.165) is 36.1 Å². The molecule has 1 aromatic heterocycles. The Labute approximate surface area is 99.4 Å². The first-order chi connectivity index (χ1) is 8.22. The number of nitrogens with zero attached hydrogens (tertiary/aromatic N) is 1. The fraction of sp³-hybridized carbons (Fsp3) is 0.308. The summed E-state index contributed by atoms with van der Waals surface area (Å²) in [5.74, 6) is 0.0293. The number of unbranched alkanes of at least 4 members (excludes halogenated alkanes) is 1. The van der Waals surface area contributed by atoms with Crippen LogP contribution in [0.15, 0.2) is 28.8 Å². The lowest BCUT2D eigenvalue weighted by Crippen LogP contribution is -1.91.